The molecule has 3 amide bonds. The highest BCUT2D eigenvalue weighted by atomic mass is 35.5. The van der Waals surface area contributed by atoms with Gasteiger partial charge in [0.2, 0.25) is 0 Å². The number of carbonyl (C=O) groups is 3. The van der Waals surface area contributed by atoms with Crippen molar-refractivity contribution in [2.45, 2.75) is 42.7 Å². The van der Waals surface area contributed by atoms with E-state index in [0.29, 0.717) is 59.5 Å². The van der Waals surface area contributed by atoms with Crippen molar-refractivity contribution in [3.05, 3.63) is 99.8 Å². The predicted molar refractivity (Wildman–Crippen MR) is 200 cm³/mol. The molecule has 1 aromatic heterocycles. The number of amides is 3. The Labute approximate surface area is 322 Å². The molecule has 16 heteroatoms. The van der Waals surface area contributed by atoms with Crippen LogP contribution in [0.25, 0.3) is 5.69 Å². The maximum atomic E-state index is 14.2. The summed E-state index contributed by atoms with van der Waals surface area (Å²) in [5.74, 6) is -0.775. The van der Waals surface area contributed by atoms with Crippen LogP contribution in [0.5, 0.6) is 5.75 Å². The number of piperidine rings is 1. The van der Waals surface area contributed by atoms with Gasteiger partial charge in [0.15, 0.2) is 6.10 Å². The van der Waals surface area contributed by atoms with Crippen molar-refractivity contribution in [1.29, 1.82) is 0 Å². The van der Waals surface area contributed by atoms with Gasteiger partial charge in [0.1, 0.15) is 12.1 Å². The molecule has 3 fully saturated rings. The average molecular weight is 778 g/mol. The molecule has 284 valence electrons. The first-order valence-electron chi connectivity index (χ1n) is 18.0. The zero-order valence-electron chi connectivity index (χ0n) is 29.9. The summed E-state index contributed by atoms with van der Waals surface area (Å²) in [5.41, 5.74) is 2.07. The minimum atomic E-state index is -1.08. The lowest BCUT2D eigenvalue weighted by Gasteiger charge is -2.45. The van der Waals surface area contributed by atoms with Crippen molar-refractivity contribution in [3.63, 3.8) is 0 Å². The van der Waals surface area contributed by atoms with Crippen molar-refractivity contribution in [3.8, 4) is 11.4 Å². The van der Waals surface area contributed by atoms with Gasteiger partial charge in [0.05, 0.1) is 47.1 Å². The van der Waals surface area contributed by atoms with Crippen molar-refractivity contribution in [2.75, 3.05) is 59.5 Å². The van der Waals surface area contributed by atoms with Crippen LogP contribution in [-0.4, -0.2) is 124 Å². The van der Waals surface area contributed by atoms with Crippen LogP contribution in [-0.2, 0) is 20.5 Å². The van der Waals surface area contributed by atoms with Gasteiger partial charge in [-0.05, 0) is 84.1 Å². The van der Waals surface area contributed by atoms with Gasteiger partial charge < -0.3 is 34.6 Å². The molecule has 54 heavy (non-hydrogen) atoms. The van der Waals surface area contributed by atoms with Crippen LogP contribution >= 0.6 is 23.2 Å². The van der Waals surface area contributed by atoms with Gasteiger partial charge in [-0.15, -0.1) is 5.10 Å². The molecule has 2 unspecified atom stereocenters. The number of hydrogen-bond acceptors (Lipinski definition) is 9. The molecule has 14 nitrogen and oxygen atoms in total. The number of rotatable bonds is 10. The van der Waals surface area contributed by atoms with Crippen molar-refractivity contribution in [2.24, 2.45) is 0 Å². The molecular formula is C38H42Cl2N8O6. The SMILES string of the molecule is COc1ccc(-n2cnnn2)cc1C(=O)N1CCC(CCN2CCC(NC(=O)N3CCOC(C(=O)O)C3)(c3ccccc3)CC2)(c2ccc(Cl)c(Cl)c2)C1. The lowest BCUT2D eigenvalue weighted by molar-refractivity contribution is -0.154. The van der Waals surface area contributed by atoms with E-state index in [4.69, 9.17) is 32.7 Å². The molecule has 2 atom stereocenters. The summed E-state index contributed by atoms with van der Waals surface area (Å²) in [7, 11) is 1.54. The number of aliphatic carboxylic acids is 1. The van der Waals surface area contributed by atoms with Crippen LogP contribution < -0.4 is 10.1 Å². The molecular weight excluding hydrogens is 735 g/mol. The summed E-state index contributed by atoms with van der Waals surface area (Å²) in [6, 6.07) is 20.7. The molecule has 3 aliphatic rings. The average Bonchev–Trinajstić information content (AvgIpc) is 3.91. The Morgan fingerprint density at radius 3 is 2.44 bits per heavy atom. The number of morpholine rings is 1. The highest BCUT2D eigenvalue weighted by Gasteiger charge is 2.44. The topological polar surface area (TPSA) is 155 Å². The summed E-state index contributed by atoms with van der Waals surface area (Å²) in [6.45, 7) is 3.67. The maximum absolute atomic E-state index is 14.2. The van der Waals surface area contributed by atoms with E-state index < -0.39 is 23.0 Å². The quantitative estimate of drug-likeness (QED) is 0.233. The third-order valence-electron chi connectivity index (χ3n) is 11.1. The molecule has 3 saturated heterocycles. The Balaban J connectivity index is 1.08. The number of halogens is 2. The van der Waals surface area contributed by atoms with Crippen molar-refractivity contribution in [1.82, 2.24) is 40.2 Å². The number of aromatic nitrogens is 4. The van der Waals surface area contributed by atoms with E-state index in [1.165, 1.54) is 15.9 Å². The summed E-state index contributed by atoms with van der Waals surface area (Å²) >= 11 is 12.9. The predicted octanol–water partition coefficient (Wildman–Crippen LogP) is 4.64. The smallest absolute Gasteiger partial charge is 0.334 e. The number of carboxylic acids is 1. The number of hydrogen-bond donors (Lipinski definition) is 2. The first-order valence-corrected chi connectivity index (χ1v) is 18.7. The lowest BCUT2D eigenvalue weighted by atomic mass is 9.76. The molecule has 3 aromatic carbocycles. The first kappa shape index (κ1) is 37.6. The van der Waals surface area contributed by atoms with Crippen LogP contribution in [0.2, 0.25) is 10.0 Å². The molecule has 4 aromatic rings. The monoisotopic (exact) mass is 776 g/mol. The van der Waals surface area contributed by atoms with Crippen LogP contribution in [0.1, 0.15) is 47.2 Å². The van der Waals surface area contributed by atoms with E-state index in [-0.39, 0.29) is 25.1 Å². The van der Waals surface area contributed by atoms with E-state index in [1.54, 1.807) is 25.3 Å². The Morgan fingerprint density at radius 2 is 1.74 bits per heavy atom. The lowest BCUT2D eigenvalue weighted by Crippen LogP contribution is -2.59. The summed E-state index contributed by atoms with van der Waals surface area (Å²) < 4.78 is 12.5. The Hall–Kier alpha value is -4.76. The molecule has 0 bridgehead atoms. The number of carbonyl (C=O) groups excluding carboxylic acids is 2. The molecule has 0 spiro atoms. The largest absolute Gasteiger partial charge is 0.496 e. The van der Waals surface area contributed by atoms with Crippen LogP contribution in [0.3, 0.4) is 0 Å². The number of likely N-dealkylation sites (tertiary alicyclic amines) is 2. The third-order valence-corrected chi connectivity index (χ3v) is 11.9. The number of ether oxygens (including phenoxy) is 2. The van der Waals surface area contributed by atoms with Gasteiger partial charge in [0, 0.05) is 38.1 Å². The highest BCUT2D eigenvalue weighted by Crippen LogP contribution is 2.42. The van der Waals surface area contributed by atoms with E-state index in [1.807, 2.05) is 53.4 Å². The van der Waals surface area contributed by atoms with Crippen molar-refractivity contribution < 1.29 is 29.0 Å². The number of nitrogens with one attached hydrogen (secondary N) is 1. The van der Waals surface area contributed by atoms with Gasteiger partial charge in [-0.25, -0.2) is 14.3 Å². The van der Waals surface area contributed by atoms with E-state index >= 15 is 0 Å². The van der Waals surface area contributed by atoms with Crippen LogP contribution in [0.4, 0.5) is 4.79 Å². The number of benzene rings is 3. The van der Waals surface area contributed by atoms with Crippen LogP contribution in [0, 0.1) is 0 Å². The fourth-order valence-electron chi connectivity index (χ4n) is 7.95. The van der Waals surface area contributed by atoms with E-state index in [0.717, 1.165) is 43.6 Å². The number of urea groups is 1. The summed E-state index contributed by atoms with van der Waals surface area (Å²) in [4.78, 5) is 45.3. The minimum absolute atomic E-state index is 0.00794. The first-order chi connectivity index (χ1) is 26.1. The molecule has 3 aliphatic heterocycles. The second-order valence-electron chi connectivity index (χ2n) is 14.1. The molecule has 2 N–H and O–H groups in total. The van der Waals surface area contributed by atoms with Gasteiger partial charge >= 0.3 is 12.0 Å². The maximum Gasteiger partial charge on any atom is 0.334 e. The van der Waals surface area contributed by atoms with Gasteiger partial charge in [-0.1, -0.05) is 59.6 Å². The number of carboxylic acid groups (broad SMARTS) is 1. The van der Waals surface area contributed by atoms with E-state index in [9.17, 15) is 19.5 Å². The zero-order valence-corrected chi connectivity index (χ0v) is 31.4. The van der Waals surface area contributed by atoms with Gasteiger partial charge in [0.25, 0.3) is 5.91 Å². The Morgan fingerprint density at radius 1 is 0.944 bits per heavy atom. The third kappa shape index (κ3) is 7.74. The van der Waals surface area contributed by atoms with Crippen LogP contribution in [0.15, 0.2) is 73.1 Å². The normalized spacial score (nSPS) is 21.5. The molecule has 7 rings (SSSR count). The number of nitrogens with zero attached hydrogens (tertiary/aromatic N) is 7. The fraction of sp³-hybridized carbons (Fsp3) is 0.421. The Kier molecular flexibility index (Phi) is 11.1. The zero-order chi connectivity index (χ0) is 37.9. The van der Waals surface area contributed by atoms with Crippen molar-refractivity contribution >= 4 is 41.1 Å². The highest BCUT2D eigenvalue weighted by molar-refractivity contribution is 6.42. The second kappa shape index (κ2) is 15.9. The Bertz CT molecular complexity index is 1980. The molecule has 0 aliphatic carbocycles. The summed E-state index contributed by atoms with van der Waals surface area (Å²) in [5, 5.41) is 25.1. The molecule has 0 radical (unpaired) electrons. The van der Waals surface area contributed by atoms with Gasteiger partial charge in [-0.2, -0.15) is 0 Å². The number of methoxy groups -OCH3 is 1. The number of tetrazole rings is 1. The minimum Gasteiger partial charge on any atom is -0.496 e. The van der Waals surface area contributed by atoms with E-state index in [2.05, 4.69) is 25.7 Å². The second-order valence-corrected chi connectivity index (χ2v) is 15.0. The van der Waals surface area contributed by atoms with Gasteiger partial charge in [-0.3, -0.25) is 4.79 Å². The molecule has 4 heterocycles. The summed E-state index contributed by atoms with van der Waals surface area (Å²) in [6.07, 6.45) is 3.23. The molecule has 0 saturated carbocycles. The fourth-order valence-corrected chi connectivity index (χ4v) is 8.25. The standard InChI is InChI=1S/C38H42Cl2N8O6/c1-53-32-10-8-28(48-25-41-43-44-48)22-29(32)34(49)47-18-12-37(24-47,27-7-9-30(39)31(40)21-27)11-15-45-16-13-38(14-17-45,26-5-3-2-4-6-26)42-36(52)46-19-20-54-33(23-46)35(50)51/h2-10,21-22,25,33H,11-20,23-24H2,1H3,(H,42,52)(H,50,51).